The summed E-state index contributed by atoms with van der Waals surface area (Å²) in [6.45, 7) is 2.08. The average Bonchev–Trinajstić information content (AvgIpc) is 2.85. The monoisotopic (exact) mass is 307 g/mol. The summed E-state index contributed by atoms with van der Waals surface area (Å²) in [7, 11) is 1.59. The molecule has 0 aromatic heterocycles. The van der Waals surface area contributed by atoms with Crippen LogP contribution in [0.1, 0.15) is 12.5 Å². The molecule has 0 saturated carbocycles. The summed E-state index contributed by atoms with van der Waals surface area (Å²) in [4.78, 5) is 11.2. The van der Waals surface area contributed by atoms with Gasteiger partial charge in [-0.1, -0.05) is 18.2 Å². The minimum absolute atomic E-state index is 0.0644. The summed E-state index contributed by atoms with van der Waals surface area (Å²) < 4.78 is 8.72. The van der Waals surface area contributed by atoms with E-state index in [9.17, 15) is 4.79 Å². The molecular formula is C14H14ClN3O3. The molecule has 0 atom stereocenters. The predicted octanol–water partition coefficient (Wildman–Crippen LogP) is 2.45. The van der Waals surface area contributed by atoms with E-state index in [1.165, 1.54) is 5.01 Å². The maximum absolute atomic E-state index is 11.2. The van der Waals surface area contributed by atoms with E-state index in [0.29, 0.717) is 18.0 Å². The van der Waals surface area contributed by atoms with Gasteiger partial charge in [0.05, 0.1) is 19.2 Å². The summed E-state index contributed by atoms with van der Waals surface area (Å²) in [6, 6.07) is 7.38. The van der Waals surface area contributed by atoms with Crippen molar-refractivity contribution in [2.75, 3.05) is 7.11 Å². The van der Waals surface area contributed by atoms with E-state index < -0.39 is 5.97 Å². The zero-order chi connectivity index (χ0) is 15.4. The van der Waals surface area contributed by atoms with Crippen molar-refractivity contribution in [1.82, 2.24) is 5.01 Å². The molecule has 0 saturated heterocycles. The molecule has 1 N–H and O–H groups in total. The maximum Gasteiger partial charge on any atom is 0.357 e. The fourth-order valence-electron chi connectivity index (χ4n) is 1.99. The third-order valence-electron chi connectivity index (χ3n) is 3.02. The lowest BCUT2D eigenvalue weighted by molar-refractivity contribution is -0.129. The molecule has 0 unspecified atom stereocenters. The molecule has 0 spiro atoms. The van der Waals surface area contributed by atoms with Crippen LogP contribution in [0.25, 0.3) is 0 Å². The number of hydrazone groups is 1. The van der Waals surface area contributed by atoms with Crippen LogP contribution in [0.2, 0.25) is 0 Å². The maximum atomic E-state index is 11.2. The van der Waals surface area contributed by atoms with Gasteiger partial charge in [0, 0.05) is 11.8 Å². The minimum Gasteiger partial charge on any atom is -0.497 e. The number of ether oxygens (including phenoxy) is 1. The quantitative estimate of drug-likeness (QED) is 0.927. The number of hydrogen-bond donors (Lipinski definition) is 1. The number of allylic oxidation sites excluding steroid dienone is 1. The Bertz CT molecular complexity index is 635. The van der Waals surface area contributed by atoms with Crippen LogP contribution in [0, 0.1) is 0 Å². The first kappa shape index (κ1) is 15.1. The Labute approximate surface area is 127 Å². The van der Waals surface area contributed by atoms with Gasteiger partial charge >= 0.3 is 5.97 Å². The molecule has 1 heterocycles. The molecule has 0 bridgehead atoms. The number of carboxylic acids is 1. The van der Waals surface area contributed by atoms with Gasteiger partial charge in [-0.15, -0.1) is 0 Å². The number of carbonyl (C=O) groups is 1. The second-order valence-corrected chi connectivity index (χ2v) is 4.44. The zero-order valence-electron chi connectivity index (χ0n) is 11.6. The van der Waals surface area contributed by atoms with Crippen LogP contribution >= 0.6 is 11.8 Å². The highest BCUT2D eigenvalue weighted by molar-refractivity contribution is 6.52. The van der Waals surface area contributed by atoms with Gasteiger partial charge in [0.1, 0.15) is 5.75 Å². The van der Waals surface area contributed by atoms with Crippen LogP contribution in [0.15, 0.2) is 45.5 Å². The lowest BCUT2D eigenvalue weighted by Crippen LogP contribution is -2.22. The number of rotatable bonds is 4. The first-order chi connectivity index (χ1) is 10.1. The highest BCUT2D eigenvalue weighted by atomic mass is 35.5. The molecule has 0 amide bonds. The molecule has 1 aromatic rings. The van der Waals surface area contributed by atoms with Crippen molar-refractivity contribution < 1.29 is 14.6 Å². The van der Waals surface area contributed by atoms with Crippen molar-refractivity contribution in [3.05, 3.63) is 41.5 Å². The summed E-state index contributed by atoms with van der Waals surface area (Å²) >= 11 is 5.58. The topological polar surface area (TPSA) is 74.5 Å². The highest BCUT2D eigenvalue weighted by Gasteiger charge is 2.31. The van der Waals surface area contributed by atoms with Crippen molar-refractivity contribution in [3.63, 3.8) is 0 Å². The summed E-state index contributed by atoms with van der Waals surface area (Å²) in [5, 5.41) is 14.7. The van der Waals surface area contributed by atoms with Crippen LogP contribution in [0.4, 0.5) is 0 Å². The predicted molar refractivity (Wildman–Crippen MR) is 80.7 cm³/mol. The number of nitrogens with zero attached hydrogens (tertiary/aromatic N) is 3. The Morgan fingerprint density at radius 1 is 1.48 bits per heavy atom. The van der Waals surface area contributed by atoms with Crippen LogP contribution in [0.5, 0.6) is 5.75 Å². The first-order valence-corrected chi connectivity index (χ1v) is 6.53. The number of carboxylic acid groups (broad SMARTS) is 1. The van der Waals surface area contributed by atoms with Crippen LogP contribution in [-0.2, 0) is 11.3 Å². The molecule has 1 aliphatic rings. The van der Waals surface area contributed by atoms with Crippen molar-refractivity contribution in [1.29, 1.82) is 0 Å². The van der Waals surface area contributed by atoms with Crippen LogP contribution < -0.4 is 4.74 Å². The number of halogens is 1. The standard InChI is InChI=1S/C14H14ClN3O3/c1-3-11-12(14(19)20)17-18(13(11)16-15)8-9-4-6-10(21-2)7-5-9/h3-7H,8H2,1-2H3,(H,19,20)/b11-3-,16-13+. The van der Waals surface area contributed by atoms with E-state index in [0.717, 1.165) is 11.3 Å². The van der Waals surface area contributed by atoms with E-state index in [1.807, 2.05) is 24.3 Å². The molecule has 21 heavy (non-hydrogen) atoms. The molecule has 110 valence electrons. The van der Waals surface area contributed by atoms with Gasteiger partial charge in [0.2, 0.25) is 0 Å². The third kappa shape index (κ3) is 3.05. The fourth-order valence-corrected chi connectivity index (χ4v) is 2.17. The molecule has 1 aliphatic heterocycles. The van der Waals surface area contributed by atoms with Gasteiger partial charge < -0.3 is 9.84 Å². The molecule has 1 aromatic carbocycles. The Hall–Kier alpha value is -2.34. The van der Waals surface area contributed by atoms with E-state index in [4.69, 9.17) is 21.6 Å². The Balaban J connectivity index is 2.27. The van der Waals surface area contributed by atoms with Crippen molar-refractivity contribution in [2.45, 2.75) is 13.5 Å². The van der Waals surface area contributed by atoms with E-state index in [2.05, 4.69) is 9.61 Å². The summed E-state index contributed by atoms with van der Waals surface area (Å²) in [5.74, 6) is -0.0409. The third-order valence-corrected chi connectivity index (χ3v) is 3.18. The van der Waals surface area contributed by atoms with Gasteiger partial charge in [-0.2, -0.15) is 9.61 Å². The van der Waals surface area contributed by atoms with Crippen molar-refractivity contribution in [2.24, 2.45) is 9.61 Å². The second kappa shape index (κ2) is 6.41. The van der Waals surface area contributed by atoms with Gasteiger partial charge in [0.15, 0.2) is 11.5 Å². The number of aliphatic carboxylic acids is 1. The Kier molecular flexibility index (Phi) is 4.59. The summed E-state index contributed by atoms with van der Waals surface area (Å²) in [5.41, 5.74) is 1.27. The van der Waals surface area contributed by atoms with Crippen LogP contribution in [0.3, 0.4) is 0 Å². The molecule has 0 radical (unpaired) electrons. The molecule has 7 heteroatoms. The lowest BCUT2D eigenvalue weighted by atomic mass is 10.1. The largest absolute Gasteiger partial charge is 0.497 e. The molecule has 2 rings (SSSR count). The smallest absolute Gasteiger partial charge is 0.357 e. The number of methoxy groups -OCH3 is 1. The molecule has 6 nitrogen and oxygen atoms in total. The lowest BCUT2D eigenvalue weighted by Gasteiger charge is -2.14. The minimum atomic E-state index is -1.11. The number of benzene rings is 1. The van der Waals surface area contributed by atoms with E-state index >= 15 is 0 Å². The fraction of sp³-hybridized carbons (Fsp3) is 0.214. The normalized spacial score (nSPS) is 18.2. The van der Waals surface area contributed by atoms with Gasteiger partial charge in [-0.3, -0.25) is 0 Å². The molecule has 0 fully saturated rings. The van der Waals surface area contributed by atoms with Gasteiger partial charge in [-0.05, 0) is 24.6 Å². The SMILES string of the molecule is C/C=C1/C(C(=O)O)=NN(Cc2ccc(OC)cc2)/C1=N/Cl. The van der Waals surface area contributed by atoms with Crippen molar-refractivity contribution in [3.8, 4) is 5.75 Å². The Morgan fingerprint density at radius 3 is 2.62 bits per heavy atom. The second-order valence-electron chi connectivity index (χ2n) is 4.27. The number of hydrogen-bond acceptors (Lipinski definition) is 4. The summed E-state index contributed by atoms with van der Waals surface area (Å²) in [6.07, 6.45) is 1.63. The van der Waals surface area contributed by atoms with Gasteiger partial charge in [-0.25, -0.2) is 9.80 Å². The number of amidine groups is 1. The van der Waals surface area contributed by atoms with Gasteiger partial charge in [0.25, 0.3) is 0 Å². The van der Waals surface area contributed by atoms with Crippen LogP contribution in [-0.4, -0.2) is 34.7 Å². The first-order valence-electron chi connectivity index (χ1n) is 6.19. The van der Waals surface area contributed by atoms with E-state index in [1.54, 1.807) is 20.1 Å². The Morgan fingerprint density at radius 2 is 2.14 bits per heavy atom. The van der Waals surface area contributed by atoms with E-state index in [-0.39, 0.29) is 5.71 Å². The van der Waals surface area contributed by atoms with Crippen molar-refractivity contribution >= 4 is 29.3 Å². The molecule has 0 aliphatic carbocycles. The zero-order valence-corrected chi connectivity index (χ0v) is 12.3. The average molecular weight is 308 g/mol. The molecular weight excluding hydrogens is 294 g/mol. The highest BCUT2D eigenvalue weighted by Crippen LogP contribution is 2.21.